The third-order valence-electron chi connectivity index (χ3n) is 5.10. The minimum atomic E-state index is -0.254. The number of hydrogen-bond acceptors (Lipinski definition) is 4. The highest BCUT2D eigenvalue weighted by Gasteiger charge is 2.21. The number of thioether (sulfide) groups is 1. The minimum absolute atomic E-state index is 0. The van der Waals surface area contributed by atoms with Crippen molar-refractivity contribution in [3.05, 3.63) is 65.7 Å². The fourth-order valence-electron chi connectivity index (χ4n) is 3.54. The van der Waals surface area contributed by atoms with Gasteiger partial charge in [0.25, 0.3) is 5.91 Å². The summed E-state index contributed by atoms with van der Waals surface area (Å²) in [6, 6.07) is 14.1. The average Bonchev–Trinajstić information content (AvgIpc) is 3.35. The highest BCUT2D eigenvalue weighted by atomic mass is 35.5. The number of carbonyl (C=O) groups excluding carboxylic acids is 1. The van der Waals surface area contributed by atoms with Gasteiger partial charge in [-0.3, -0.25) is 4.79 Å². The van der Waals surface area contributed by atoms with Crippen LogP contribution in [-0.2, 0) is 5.75 Å². The van der Waals surface area contributed by atoms with Crippen LogP contribution in [0.5, 0.6) is 0 Å². The summed E-state index contributed by atoms with van der Waals surface area (Å²) < 4.78 is 19.0. The van der Waals surface area contributed by atoms with Gasteiger partial charge in [0.1, 0.15) is 11.4 Å². The second-order valence-electron chi connectivity index (χ2n) is 7.05. The second-order valence-corrected chi connectivity index (χ2v) is 8.10. The zero-order valence-electron chi connectivity index (χ0n) is 15.9. The van der Waals surface area contributed by atoms with E-state index < -0.39 is 0 Å². The third-order valence-corrected chi connectivity index (χ3v) is 6.14. The molecule has 0 spiro atoms. The summed E-state index contributed by atoms with van der Waals surface area (Å²) >= 11 is 1.56. The second kappa shape index (κ2) is 10.1. The molecule has 0 saturated carbocycles. The van der Waals surface area contributed by atoms with Gasteiger partial charge in [-0.1, -0.05) is 18.2 Å². The zero-order chi connectivity index (χ0) is 19.3. The highest BCUT2D eigenvalue weighted by molar-refractivity contribution is 7.98. The Labute approximate surface area is 180 Å². The Hall–Kier alpha value is -2.02. The molecular formula is C22H24ClFN2O2S. The number of halogens is 2. The van der Waals surface area contributed by atoms with Crippen molar-refractivity contribution in [2.24, 2.45) is 5.92 Å². The van der Waals surface area contributed by atoms with Crippen LogP contribution in [0.1, 0.15) is 29.0 Å². The maximum atomic E-state index is 13.1. The molecule has 0 aliphatic carbocycles. The predicted octanol–water partition coefficient (Wildman–Crippen LogP) is 5.02. The van der Waals surface area contributed by atoms with Crippen molar-refractivity contribution in [1.82, 2.24) is 10.6 Å². The minimum Gasteiger partial charge on any atom is -0.451 e. The van der Waals surface area contributed by atoms with E-state index >= 15 is 0 Å². The number of carbonyl (C=O) groups is 1. The van der Waals surface area contributed by atoms with E-state index in [-0.39, 0.29) is 24.1 Å². The van der Waals surface area contributed by atoms with Crippen molar-refractivity contribution >= 4 is 41.0 Å². The summed E-state index contributed by atoms with van der Waals surface area (Å²) in [7, 11) is 0. The van der Waals surface area contributed by atoms with Crippen molar-refractivity contribution in [3.8, 4) is 0 Å². The zero-order valence-corrected chi connectivity index (χ0v) is 17.6. The predicted molar refractivity (Wildman–Crippen MR) is 117 cm³/mol. The van der Waals surface area contributed by atoms with Gasteiger partial charge >= 0.3 is 0 Å². The van der Waals surface area contributed by atoms with Crippen LogP contribution in [0.2, 0.25) is 0 Å². The lowest BCUT2D eigenvalue weighted by Crippen LogP contribution is -2.26. The summed E-state index contributed by atoms with van der Waals surface area (Å²) in [6.07, 6.45) is 2.14. The first-order chi connectivity index (χ1) is 13.7. The van der Waals surface area contributed by atoms with Gasteiger partial charge in [0, 0.05) is 28.1 Å². The summed E-state index contributed by atoms with van der Waals surface area (Å²) in [5.74, 6) is 1.16. The molecule has 7 heteroatoms. The Balaban J connectivity index is 0.00000240. The average molecular weight is 435 g/mol. The maximum Gasteiger partial charge on any atom is 0.287 e. The Morgan fingerprint density at radius 2 is 2.00 bits per heavy atom. The van der Waals surface area contributed by atoms with Crippen molar-refractivity contribution in [2.75, 3.05) is 19.6 Å². The molecule has 154 valence electrons. The summed E-state index contributed by atoms with van der Waals surface area (Å²) in [6.45, 7) is 2.74. The largest absolute Gasteiger partial charge is 0.451 e. The molecule has 1 aromatic heterocycles. The molecule has 1 aliphatic heterocycles. The van der Waals surface area contributed by atoms with E-state index in [0.717, 1.165) is 35.4 Å². The molecule has 1 amide bonds. The first kappa shape index (κ1) is 21.7. The van der Waals surface area contributed by atoms with Crippen molar-refractivity contribution < 1.29 is 13.6 Å². The van der Waals surface area contributed by atoms with E-state index in [2.05, 4.69) is 10.6 Å². The third kappa shape index (κ3) is 5.32. The molecule has 1 unspecified atom stereocenters. The van der Waals surface area contributed by atoms with Crippen LogP contribution in [0.15, 0.2) is 57.8 Å². The normalized spacial score (nSPS) is 16.0. The van der Waals surface area contributed by atoms with Gasteiger partial charge in [-0.05, 0) is 62.2 Å². The molecule has 3 aromatic rings. The van der Waals surface area contributed by atoms with Crippen LogP contribution in [0.4, 0.5) is 4.39 Å². The molecule has 4 rings (SSSR count). The van der Waals surface area contributed by atoms with Crippen molar-refractivity contribution in [1.29, 1.82) is 0 Å². The van der Waals surface area contributed by atoms with Gasteiger partial charge in [0.05, 0.1) is 0 Å². The topological polar surface area (TPSA) is 54.3 Å². The number of furan rings is 1. The van der Waals surface area contributed by atoms with Crippen molar-refractivity contribution in [3.63, 3.8) is 0 Å². The van der Waals surface area contributed by atoms with Crippen LogP contribution in [0, 0.1) is 11.7 Å². The summed E-state index contributed by atoms with van der Waals surface area (Å²) in [5, 5.41) is 7.31. The van der Waals surface area contributed by atoms with E-state index in [1.165, 1.54) is 18.6 Å². The van der Waals surface area contributed by atoms with Crippen LogP contribution in [0.3, 0.4) is 0 Å². The number of benzene rings is 2. The van der Waals surface area contributed by atoms with Gasteiger partial charge in [0.2, 0.25) is 0 Å². The Kier molecular flexibility index (Phi) is 7.58. The van der Waals surface area contributed by atoms with Gasteiger partial charge in [-0.15, -0.1) is 24.2 Å². The molecule has 1 fully saturated rings. The molecule has 1 saturated heterocycles. The smallest absolute Gasteiger partial charge is 0.287 e. The molecule has 29 heavy (non-hydrogen) atoms. The van der Waals surface area contributed by atoms with E-state index in [0.29, 0.717) is 29.6 Å². The van der Waals surface area contributed by atoms with Crippen LogP contribution < -0.4 is 10.6 Å². The Morgan fingerprint density at radius 1 is 1.21 bits per heavy atom. The molecule has 1 atom stereocenters. The fourth-order valence-corrected chi connectivity index (χ4v) is 4.47. The lowest BCUT2D eigenvalue weighted by molar-refractivity contribution is 0.0925. The monoisotopic (exact) mass is 434 g/mol. The number of nitrogens with one attached hydrogen (secondary N) is 2. The molecular weight excluding hydrogens is 411 g/mol. The highest BCUT2D eigenvalue weighted by Crippen LogP contribution is 2.32. The molecule has 2 aromatic carbocycles. The number of amides is 1. The SMILES string of the molecule is Cl.O=C(NCCC1CCNC1)c1oc2ccccc2c1CSc1ccc(F)cc1. The number of fused-ring (bicyclic) bond motifs is 1. The van der Waals surface area contributed by atoms with Gasteiger partial charge in [-0.25, -0.2) is 4.39 Å². The van der Waals surface area contributed by atoms with E-state index in [1.807, 2.05) is 24.3 Å². The number of para-hydroxylation sites is 1. The summed E-state index contributed by atoms with van der Waals surface area (Å²) in [4.78, 5) is 13.7. The number of rotatable bonds is 7. The van der Waals surface area contributed by atoms with E-state index in [1.54, 1.807) is 23.9 Å². The molecule has 0 radical (unpaired) electrons. The van der Waals surface area contributed by atoms with E-state index in [9.17, 15) is 9.18 Å². The quantitative estimate of drug-likeness (QED) is 0.513. The lowest BCUT2D eigenvalue weighted by Gasteiger charge is -2.09. The fraction of sp³-hybridized carbons (Fsp3) is 0.318. The molecule has 2 heterocycles. The molecule has 4 nitrogen and oxygen atoms in total. The van der Waals surface area contributed by atoms with Crippen LogP contribution in [0.25, 0.3) is 11.0 Å². The van der Waals surface area contributed by atoms with Gasteiger partial charge in [-0.2, -0.15) is 0 Å². The standard InChI is InChI=1S/C22H23FN2O2S.ClH/c23-16-5-7-17(8-6-16)28-14-19-18-3-1-2-4-20(18)27-21(19)22(26)25-12-10-15-9-11-24-13-15;/h1-8,15,24H,9-14H2,(H,25,26);1H. The van der Waals surface area contributed by atoms with Gasteiger partial charge < -0.3 is 15.1 Å². The summed E-state index contributed by atoms with van der Waals surface area (Å²) in [5.41, 5.74) is 1.59. The maximum absolute atomic E-state index is 13.1. The molecule has 0 bridgehead atoms. The van der Waals surface area contributed by atoms with Gasteiger partial charge in [0.15, 0.2) is 5.76 Å². The first-order valence-corrected chi connectivity index (χ1v) is 10.6. The Morgan fingerprint density at radius 3 is 2.76 bits per heavy atom. The lowest BCUT2D eigenvalue weighted by atomic mass is 10.1. The van der Waals surface area contributed by atoms with Crippen LogP contribution >= 0.6 is 24.2 Å². The molecule has 2 N–H and O–H groups in total. The molecule has 1 aliphatic rings. The van der Waals surface area contributed by atoms with Crippen molar-refractivity contribution in [2.45, 2.75) is 23.5 Å². The number of hydrogen-bond donors (Lipinski definition) is 2. The Bertz CT molecular complexity index is 955. The first-order valence-electron chi connectivity index (χ1n) is 9.58. The van der Waals surface area contributed by atoms with Crippen LogP contribution in [-0.4, -0.2) is 25.5 Å². The van der Waals surface area contributed by atoms with E-state index in [4.69, 9.17) is 4.42 Å².